The number of halogens is 3. The molecule has 2 aromatic carbocycles. The number of alkyl halides is 3. The molecule has 0 spiro atoms. The number of aromatic nitrogens is 4. The third-order valence-corrected chi connectivity index (χ3v) is 4.85. The lowest BCUT2D eigenvalue weighted by atomic mass is 10.1. The van der Waals surface area contributed by atoms with Crippen LogP contribution >= 0.6 is 11.8 Å². The Bertz CT molecular complexity index is 1260. The largest absolute Gasteiger partial charge is 0.478 e. The van der Waals surface area contributed by atoms with Crippen LogP contribution in [0.5, 0.6) is 0 Å². The topological polar surface area (TPSA) is 110 Å². The summed E-state index contributed by atoms with van der Waals surface area (Å²) in [5.41, 5.74) is -4.62. The molecule has 3 rings (SSSR count). The number of aryl methyl sites for hydroxylation is 1. The van der Waals surface area contributed by atoms with Gasteiger partial charge in [-0.1, -0.05) is 18.2 Å². The molecule has 33 heavy (non-hydrogen) atoms. The molecule has 14 heteroatoms. The van der Waals surface area contributed by atoms with Gasteiger partial charge in [0, 0.05) is 10.5 Å². The molecule has 3 aromatic rings. The van der Waals surface area contributed by atoms with E-state index in [1.807, 2.05) is 0 Å². The predicted molar refractivity (Wildman–Crippen MR) is 110 cm³/mol. The molecular weight excluding hydrogens is 467 g/mol. The van der Waals surface area contributed by atoms with Crippen molar-refractivity contribution in [1.29, 1.82) is 0 Å². The van der Waals surface area contributed by atoms with Gasteiger partial charge in [0.1, 0.15) is 7.11 Å². The number of hydrogen-bond acceptors (Lipinski definition) is 9. The Kier molecular flexibility index (Phi) is 7.06. The molecule has 1 heterocycles. The van der Waals surface area contributed by atoms with E-state index in [2.05, 4.69) is 15.6 Å². The Balaban J connectivity index is 1.92. The zero-order valence-electron chi connectivity index (χ0n) is 17.4. The highest BCUT2D eigenvalue weighted by Gasteiger charge is 2.29. The lowest BCUT2D eigenvalue weighted by Crippen LogP contribution is -2.28. The maximum Gasteiger partial charge on any atom is 0.446 e. The van der Waals surface area contributed by atoms with E-state index in [-0.39, 0.29) is 39.4 Å². The lowest BCUT2D eigenvalue weighted by Gasteiger charge is -2.10. The Morgan fingerprint density at radius 2 is 1.85 bits per heavy atom. The standard InChI is InChI=1S/C19H16F3N5O5S/c1-11-6-4-9-14(26-18(29)27(31-3)25-24-26)15(11)17(28)32-23-16(30-2)12-7-5-8-13(10-12)33-19(20,21)22/h4-10H,1-3H3. The van der Waals surface area contributed by atoms with Gasteiger partial charge in [0.05, 0.1) is 18.4 Å². The molecule has 0 aliphatic rings. The van der Waals surface area contributed by atoms with E-state index < -0.39 is 17.2 Å². The smallest absolute Gasteiger partial charge is 0.446 e. The van der Waals surface area contributed by atoms with Crippen LogP contribution in [0.15, 0.2) is 57.3 Å². The number of methoxy groups -OCH3 is 1. The van der Waals surface area contributed by atoms with E-state index >= 15 is 0 Å². The average molecular weight is 483 g/mol. The van der Waals surface area contributed by atoms with Crippen LogP contribution in [0.4, 0.5) is 13.2 Å². The third-order valence-electron chi connectivity index (χ3n) is 4.13. The number of tetrazole rings is 1. The van der Waals surface area contributed by atoms with Gasteiger partial charge < -0.3 is 14.4 Å². The number of rotatable bonds is 6. The van der Waals surface area contributed by atoms with Crippen molar-refractivity contribution in [2.24, 2.45) is 5.16 Å². The molecule has 1 aromatic heterocycles. The number of hydrogen-bond donors (Lipinski definition) is 0. The first-order valence-electron chi connectivity index (χ1n) is 9.03. The zero-order chi connectivity index (χ0) is 24.2. The van der Waals surface area contributed by atoms with Gasteiger partial charge in [-0.25, -0.2) is 9.59 Å². The minimum atomic E-state index is -4.47. The lowest BCUT2D eigenvalue weighted by molar-refractivity contribution is -0.0328. The maximum atomic E-state index is 12.8. The molecule has 174 valence electrons. The molecule has 0 fully saturated rings. The van der Waals surface area contributed by atoms with Crippen molar-refractivity contribution in [2.75, 3.05) is 14.2 Å². The second-order valence-electron chi connectivity index (χ2n) is 6.25. The normalized spacial score (nSPS) is 11.9. The summed E-state index contributed by atoms with van der Waals surface area (Å²) in [4.78, 5) is 35.4. The van der Waals surface area contributed by atoms with Gasteiger partial charge in [0.2, 0.25) is 0 Å². The average Bonchev–Trinajstić information content (AvgIpc) is 3.13. The highest BCUT2D eigenvalue weighted by atomic mass is 32.2. The molecule has 10 nitrogen and oxygen atoms in total. The monoisotopic (exact) mass is 483 g/mol. The van der Waals surface area contributed by atoms with Crippen molar-refractivity contribution in [1.82, 2.24) is 20.0 Å². The van der Waals surface area contributed by atoms with E-state index in [4.69, 9.17) is 14.4 Å². The van der Waals surface area contributed by atoms with Crippen LogP contribution in [-0.4, -0.2) is 51.5 Å². The van der Waals surface area contributed by atoms with Gasteiger partial charge in [0.15, 0.2) is 0 Å². The fraction of sp³-hybridized carbons (Fsp3) is 0.211. The number of thioether (sulfide) groups is 1. The summed E-state index contributed by atoms with van der Waals surface area (Å²) >= 11 is -0.305. The number of carbonyl (C=O) groups is 1. The van der Waals surface area contributed by atoms with Crippen molar-refractivity contribution in [3.63, 3.8) is 0 Å². The first-order chi connectivity index (χ1) is 15.6. The van der Waals surface area contributed by atoms with E-state index in [1.165, 1.54) is 44.6 Å². The van der Waals surface area contributed by atoms with Crippen LogP contribution in [0.25, 0.3) is 5.69 Å². The van der Waals surface area contributed by atoms with Crippen LogP contribution in [0.3, 0.4) is 0 Å². The number of nitrogens with zero attached hydrogens (tertiary/aromatic N) is 5. The van der Waals surface area contributed by atoms with Gasteiger partial charge in [-0.05, 0) is 68.9 Å². The van der Waals surface area contributed by atoms with Crippen molar-refractivity contribution in [2.45, 2.75) is 17.3 Å². The van der Waals surface area contributed by atoms with Crippen molar-refractivity contribution >= 4 is 23.6 Å². The Morgan fingerprint density at radius 1 is 1.12 bits per heavy atom. The maximum absolute atomic E-state index is 12.8. The molecule has 0 saturated carbocycles. The summed E-state index contributed by atoms with van der Waals surface area (Å²) in [6.07, 6.45) is 0. The molecule has 0 atom stereocenters. The predicted octanol–water partition coefficient (Wildman–Crippen LogP) is 2.57. The second kappa shape index (κ2) is 9.77. The summed E-state index contributed by atoms with van der Waals surface area (Å²) < 4.78 is 43.9. The Morgan fingerprint density at radius 3 is 2.48 bits per heavy atom. The van der Waals surface area contributed by atoms with E-state index in [9.17, 15) is 22.8 Å². The molecule has 0 N–H and O–H groups in total. The van der Waals surface area contributed by atoms with E-state index in [1.54, 1.807) is 19.1 Å². The van der Waals surface area contributed by atoms with Crippen LogP contribution in [0.1, 0.15) is 21.5 Å². The molecule has 0 amide bonds. The van der Waals surface area contributed by atoms with Gasteiger partial charge in [-0.15, -0.1) is 0 Å². The van der Waals surface area contributed by atoms with Crippen LogP contribution in [-0.2, 0) is 9.57 Å². The summed E-state index contributed by atoms with van der Waals surface area (Å²) in [7, 11) is 2.44. The quantitative estimate of drug-likeness (QED) is 0.173. The molecular formula is C19H16F3N5O5S. The minimum Gasteiger partial charge on any atom is -0.478 e. The van der Waals surface area contributed by atoms with Crippen molar-refractivity contribution < 1.29 is 32.4 Å². The number of benzene rings is 2. The summed E-state index contributed by atoms with van der Waals surface area (Å²) in [6.45, 7) is 1.60. The van der Waals surface area contributed by atoms with Gasteiger partial charge >= 0.3 is 17.2 Å². The van der Waals surface area contributed by atoms with Gasteiger partial charge in [-0.2, -0.15) is 17.9 Å². The molecule has 0 saturated heterocycles. The molecule has 0 aliphatic heterocycles. The Hall–Kier alpha value is -3.81. The van der Waals surface area contributed by atoms with Gasteiger partial charge in [-0.3, -0.25) is 0 Å². The number of carbonyl (C=O) groups excluding carboxylic acids is 1. The summed E-state index contributed by atoms with van der Waals surface area (Å²) in [5, 5.41) is 10.8. The SMILES string of the molecule is COC(=NOC(=O)c1c(C)cccc1-n1nnn(OC)c1=O)c1cccc(SC(F)(F)F)c1. The molecule has 0 aliphatic carbocycles. The number of oxime groups is 1. The summed E-state index contributed by atoms with van der Waals surface area (Å²) in [5.74, 6) is -1.19. The first kappa shape index (κ1) is 23.8. The second-order valence-corrected chi connectivity index (χ2v) is 7.39. The van der Waals surface area contributed by atoms with Crippen LogP contribution in [0, 0.1) is 6.92 Å². The highest BCUT2D eigenvalue weighted by Crippen LogP contribution is 2.37. The third kappa shape index (κ3) is 5.52. The van der Waals surface area contributed by atoms with Gasteiger partial charge in [0.25, 0.3) is 5.90 Å². The van der Waals surface area contributed by atoms with Crippen molar-refractivity contribution in [3.05, 3.63) is 69.6 Å². The number of ether oxygens (including phenoxy) is 1. The molecule has 0 radical (unpaired) electrons. The van der Waals surface area contributed by atoms with Crippen LogP contribution < -0.4 is 10.5 Å². The Labute approximate surface area is 188 Å². The van der Waals surface area contributed by atoms with E-state index in [0.29, 0.717) is 10.4 Å². The van der Waals surface area contributed by atoms with Crippen molar-refractivity contribution in [3.8, 4) is 5.69 Å². The molecule has 0 bridgehead atoms. The zero-order valence-corrected chi connectivity index (χ0v) is 18.2. The fourth-order valence-electron chi connectivity index (χ4n) is 2.76. The summed E-state index contributed by atoms with van der Waals surface area (Å²) in [6, 6.07) is 9.92. The molecule has 0 unspecified atom stereocenters. The van der Waals surface area contributed by atoms with Crippen LogP contribution in [0.2, 0.25) is 0 Å². The minimum absolute atomic E-state index is 0.0386. The van der Waals surface area contributed by atoms with E-state index in [0.717, 1.165) is 4.68 Å². The highest BCUT2D eigenvalue weighted by molar-refractivity contribution is 8.00. The fourth-order valence-corrected chi connectivity index (χ4v) is 3.36. The first-order valence-corrected chi connectivity index (χ1v) is 9.85.